The van der Waals surface area contributed by atoms with E-state index in [1.54, 1.807) is 11.8 Å². The molecule has 3 aromatic rings. The molecule has 2 aliphatic rings. The minimum absolute atomic E-state index is 0.0620. The van der Waals surface area contributed by atoms with Crippen molar-refractivity contribution < 1.29 is 0 Å². The summed E-state index contributed by atoms with van der Waals surface area (Å²) in [6.45, 7) is 0. The van der Waals surface area contributed by atoms with Crippen LogP contribution in [0.4, 0.5) is 0 Å². The van der Waals surface area contributed by atoms with Crippen molar-refractivity contribution in [1.82, 2.24) is 9.97 Å². The SMILES string of the molecule is O=c1[nH]c(SCc2ccccc2)nc2c1[C@H](C1CCCC1)Cc1ccccc1-2. The highest BCUT2D eigenvalue weighted by atomic mass is 32.2. The van der Waals surface area contributed by atoms with E-state index in [0.717, 1.165) is 34.2 Å². The van der Waals surface area contributed by atoms with Crippen LogP contribution in [0.25, 0.3) is 11.3 Å². The summed E-state index contributed by atoms with van der Waals surface area (Å²) in [5.41, 5.74) is 5.61. The second kappa shape index (κ2) is 7.59. The molecule has 0 spiro atoms. The fourth-order valence-electron chi connectivity index (χ4n) is 4.84. The molecule has 142 valence electrons. The Hall–Kier alpha value is -2.33. The van der Waals surface area contributed by atoms with E-state index in [1.807, 2.05) is 18.2 Å². The molecule has 1 atom stereocenters. The first-order valence-electron chi connectivity index (χ1n) is 10.2. The smallest absolute Gasteiger partial charge is 0.255 e. The van der Waals surface area contributed by atoms with Gasteiger partial charge in [0, 0.05) is 16.9 Å². The lowest BCUT2D eigenvalue weighted by molar-refractivity contribution is 0.424. The first-order valence-corrected chi connectivity index (χ1v) is 11.2. The molecular weight excluding hydrogens is 364 g/mol. The minimum atomic E-state index is 0.0620. The lowest BCUT2D eigenvalue weighted by Crippen LogP contribution is -2.28. The summed E-state index contributed by atoms with van der Waals surface area (Å²) >= 11 is 1.60. The summed E-state index contributed by atoms with van der Waals surface area (Å²) in [5.74, 6) is 1.71. The number of nitrogens with zero attached hydrogens (tertiary/aromatic N) is 1. The number of thioether (sulfide) groups is 1. The number of aromatic amines is 1. The molecule has 0 aliphatic heterocycles. The number of rotatable bonds is 4. The molecule has 5 rings (SSSR count). The van der Waals surface area contributed by atoms with Gasteiger partial charge in [-0.3, -0.25) is 4.79 Å². The number of nitrogens with one attached hydrogen (secondary N) is 1. The third kappa shape index (κ3) is 3.30. The molecule has 28 heavy (non-hydrogen) atoms. The molecule has 1 heterocycles. The maximum atomic E-state index is 13.2. The summed E-state index contributed by atoms with van der Waals surface area (Å²) in [6, 6.07) is 18.8. The van der Waals surface area contributed by atoms with E-state index >= 15 is 0 Å². The third-order valence-corrected chi connectivity index (χ3v) is 7.15. The maximum Gasteiger partial charge on any atom is 0.255 e. The molecule has 0 unspecified atom stereocenters. The molecule has 0 bridgehead atoms. The molecule has 4 heteroatoms. The van der Waals surface area contributed by atoms with E-state index in [1.165, 1.54) is 36.8 Å². The van der Waals surface area contributed by atoms with E-state index in [-0.39, 0.29) is 5.56 Å². The van der Waals surface area contributed by atoms with Crippen LogP contribution in [-0.4, -0.2) is 9.97 Å². The topological polar surface area (TPSA) is 45.8 Å². The largest absolute Gasteiger partial charge is 0.301 e. The van der Waals surface area contributed by atoms with Crippen LogP contribution in [0, 0.1) is 5.92 Å². The van der Waals surface area contributed by atoms with Crippen LogP contribution in [0.5, 0.6) is 0 Å². The number of H-pyrrole nitrogens is 1. The van der Waals surface area contributed by atoms with Crippen molar-refractivity contribution in [3.05, 3.63) is 81.6 Å². The van der Waals surface area contributed by atoms with Crippen molar-refractivity contribution in [3.8, 4) is 11.3 Å². The molecule has 1 N–H and O–H groups in total. The van der Waals surface area contributed by atoms with Crippen molar-refractivity contribution in [2.24, 2.45) is 5.92 Å². The van der Waals surface area contributed by atoms with Crippen LogP contribution in [0.15, 0.2) is 64.5 Å². The summed E-state index contributed by atoms with van der Waals surface area (Å²) in [6.07, 6.45) is 6.00. The van der Waals surface area contributed by atoms with E-state index in [4.69, 9.17) is 4.98 Å². The molecule has 2 aromatic carbocycles. The van der Waals surface area contributed by atoms with Crippen LogP contribution < -0.4 is 5.56 Å². The highest BCUT2D eigenvalue weighted by molar-refractivity contribution is 7.98. The van der Waals surface area contributed by atoms with Gasteiger partial charge < -0.3 is 4.98 Å². The Labute approximate surface area is 169 Å². The Morgan fingerprint density at radius 2 is 1.75 bits per heavy atom. The normalized spacial score (nSPS) is 18.6. The second-order valence-electron chi connectivity index (χ2n) is 7.92. The molecule has 0 amide bonds. The van der Waals surface area contributed by atoms with Gasteiger partial charge in [0.2, 0.25) is 0 Å². The lowest BCUT2D eigenvalue weighted by Gasteiger charge is -2.30. The number of hydrogen-bond acceptors (Lipinski definition) is 3. The second-order valence-corrected chi connectivity index (χ2v) is 8.88. The maximum absolute atomic E-state index is 13.2. The summed E-state index contributed by atoms with van der Waals surface area (Å²) in [7, 11) is 0. The molecule has 0 radical (unpaired) electrons. The Balaban J connectivity index is 1.54. The Kier molecular flexibility index (Phi) is 4.81. The number of aromatic nitrogens is 2. The number of hydrogen-bond donors (Lipinski definition) is 1. The van der Waals surface area contributed by atoms with E-state index in [0.29, 0.717) is 11.8 Å². The first-order chi connectivity index (χ1) is 13.8. The van der Waals surface area contributed by atoms with Gasteiger partial charge in [0.15, 0.2) is 5.16 Å². The number of benzene rings is 2. The third-order valence-electron chi connectivity index (χ3n) is 6.20. The molecule has 3 nitrogen and oxygen atoms in total. The van der Waals surface area contributed by atoms with Gasteiger partial charge in [-0.2, -0.15) is 0 Å². The predicted octanol–water partition coefficient (Wildman–Crippen LogP) is 5.56. The van der Waals surface area contributed by atoms with Crippen LogP contribution in [0.1, 0.15) is 48.3 Å². The van der Waals surface area contributed by atoms with Gasteiger partial charge in [0.1, 0.15) is 0 Å². The van der Waals surface area contributed by atoms with Gasteiger partial charge in [-0.1, -0.05) is 79.2 Å². The van der Waals surface area contributed by atoms with Crippen molar-refractivity contribution >= 4 is 11.8 Å². The van der Waals surface area contributed by atoms with Gasteiger partial charge in [0.25, 0.3) is 5.56 Å². The van der Waals surface area contributed by atoms with Gasteiger partial charge in [0.05, 0.1) is 5.69 Å². The monoisotopic (exact) mass is 388 g/mol. The summed E-state index contributed by atoms with van der Waals surface area (Å²) in [5, 5.41) is 0.717. The van der Waals surface area contributed by atoms with Crippen LogP contribution in [0.2, 0.25) is 0 Å². The van der Waals surface area contributed by atoms with Crippen LogP contribution in [-0.2, 0) is 12.2 Å². The van der Waals surface area contributed by atoms with Gasteiger partial charge in [-0.15, -0.1) is 0 Å². The highest BCUT2D eigenvalue weighted by Gasteiger charge is 2.35. The molecule has 1 saturated carbocycles. The Morgan fingerprint density at radius 1 is 1.00 bits per heavy atom. The minimum Gasteiger partial charge on any atom is -0.301 e. The zero-order chi connectivity index (χ0) is 18.9. The van der Waals surface area contributed by atoms with E-state index in [9.17, 15) is 4.79 Å². The quantitative estimate of drug-likeness (QED) is 0.470. The zero-order valence-electron chi connectivity index (χ0n) is 15.9. The van der Waals surface area contributed by atoms with Crippen molar-refractivity contribution in [2.75, 3.05) is 0 Å². The zero-order valence-corrected chi connectivity index (χ0v) is 16.7. The van der Waals surface area contributed by atoms with Crippen LogP contribution in [0.3, 0.4) is 0 Å². The summed E-state index contributed by atoms with van der Waals surface area (Å²) < 4.78 is 0. The highest BCUT2D eigenvalue weighted by Crippen LogP contribution is 2.45. The van der Waals surface area contributed by atoms with E-state index in [2.05, 4.69) is 41.4 Å². The van der Waals surface area contributed by atoms with Gasteiger partial charge >= 0.3 is 0 Å². The van der Waals surface area contributed by atoms with Crippen molar-refractivity contribution in [1.29, 1.82) is 0 Å². The number of fused-ring (bicyclic) bond motifs is 3. The van der Waals surface area contributed by atoms with E-state index < -0.39 is 0 Å². The van der Waals surface area contributed by atoms with Gasteiger partial charge in [-0.25, -0.2) is 4.98 Å². The van der Waals surface area contributed by atoms with Gasteiger partial charge in [-0.05, 0) is 42.2 Å². The molecule has 1 fully saturated rings. The Morgan fingerprint density at radius 3 is 2.57 bits per heavy atom. The molecule has 0 saturated heterocycles. The Bertz CT molecular complexity index is 1040. The molecule has 1 aromatic heterocycles. The lowest BCUT2D eigenvalue weighted by atomic mass is 9.74. The predicted molar refractivity (Wildman–Crippen MR) is 115 cm³/mol. The standard InChI is InChI=1S/C24H24N2OS/c27-23-21-20(17-10-4-5-11-17)14-18-12-6-7-13-19(18)22(21)25-24(26-23)28-15-16-8-2-1-3-9-16/h1-3,6-9,12-13,17,20H,4-5,10-11,14-15H2,(H,25,26,27)/t20-/m0/s1. The fraction of sp³-hybridized carbons (Fsp3) is 0.333. The first kappa shape index (κ1) is 17.7. The molecule has 2 aliphatic carbocycles. The fourth-order valence-corrected chi connectivity index (χ4v) is 5.65. The average Bonchev–Trinajstić information content (AvgIpc) is 3.27. The van der Waals surface area contributed by atoms with Crippen molar-refractivity contribution in [3.63, 3.8) is 0 Å². The van der Waals surface area contributed by atoms with Crippen LogP contribution >= 0.6 is 11.8 Å². The molecular formula is C24H24N2OS. The van der Waals surface area contributed by atoms with Crippen molar-refractivity contribution in [2.45, 2.75) is 48.9 Å². The average molecular weight is 389 g/mol. The summed E-state index contributed by atoms with van der Waals surface area (Å²) in [4.78, 5) is 21.2.